The summed E-state index contributed by atoms with van der Waals surface area (Å²) >= 11 is 0. The first kappa shape index (κ1) is 22.9. The van der Waals surface area contributed by atoms with Gasteiger partial charge in [0.1, 0.15) is 5.69 Å². The van der Waals surface area contributed by atoms with Crippen LogP contribution in [0, 0.1) is 25.5 Å². The van der Waals surface area contributed by atoms with Crippen molar-refractivity contribution in [3.8, 4) is 5.88 Å². The second-order valence-corrected chi connectivity index (χ2v) is 6.71. The van der Waals surface area contributed by atoms with Crippen molar-refractivity contribution in [1.82, 2.24) is 9.97 Å². The Balaban J connectivity index is 2.02. The van der Waals surface area contributed by atoms with Gasteiger partial charge in [0.2, 0.25) is 5.88 Å². The quantitative estimate of drug-likeness (QED) is 0.508. The van der Waals surface area contributed by atoms with E-state index in [1.807, 2.05) is 0 Å². The summed E-state index contributed by atoms with van der Waals surface area (Å²) in [6, 6.07) is 5.58. The molecule has 6 nitrogen and oxygen atoms in total. The van der Waals surface area contributed by atoms with Gasteiger partial charge in [-0.15, -0.1) is 0 Å². The number of hydrogen-bond acceptors (Lipinski definition) is 5. The SMILES string of the molecule is COc1ccc(NC(=O)c2cc(C(F)(F)F)ncc2Nc2ccc(F)c(F)c2C)c(C)n1. The van der Waals surface area contributed by atoms with E-state index >= 15 is 0 Å². The van der Waals surface area contributed by atoms with Crippen molar-refractivity contribution in [2.24, 2.45) is 0 Å². The molecule has 3 aromatic rings. The lowest BCUT2D eigenvalue weighted by molar-refractivity contribution is -0.141. The standard InChI is InChI=1S/C21H17F5N4O2/c1-10-14(5-4-13(22)19(10)23)29-16-9-27-17(21(24,25)26)8-12(16)20(31)30-15-6-7-18(32-3)28-11(15)2/h4-9,29H,1-3H3,(H,30,31). The number of anilines is 3. The summed E-state index contributed by atoms with van der Waals surface area (Å²) in [5.41, 5.74) is -1.28. The molecule has 0 spiro atoms. The number of benzene rings is 1. The number of aromatic nitrogens is 2. The van der Waals surface area contributed by atoms with Crippen LogP contribution >= 0.6 is 0 Å². The van der Waals surface area contributed by atoms with Gasteiger partial charge in [-0.3, -0.25) is 4.79 Å². The van der Waals surface area contributed by atoms with Crippen molar-refractivity contribution in [1.29, 1.82) is 0 Å². The van der Waals surface area contributed by atoms with Crippen molar-refractivity contribution in [2.75, 3.05) is 17.7 Å². The molecule has 0 saturated carbocycles. The number of amides is 1. The Morgan fingerprint density at radius 3 is 2.34 bits per heavy atom. The summed E-state index contributed by atoms with van der Waals surface area (Å²) in [4.78, 5) is 20.3. The molecule has 2 N–H and O–H groups in total. The summed E-state index contributed by atoms with van der Waals surface area (Å²) in [6.07, 6.45) is -4.00. The lowest BCUT2D eigenvalue weighted by Gasteiger charge is -2.16. The van der Waals surface area contributed by atoms with Crippen LogP contribution in [0.1, 0.15) is 27.3 Å². The zero-order valence-electron chi connectivity index (χ0n) is 17.1. The van der Waals surface area contributed by atoms with E-state index in [1.54, 1.807) is 6.92 Å². The maximum atomic E-state index is 13.9. The molecule has 0 aliphatic heterocycles. The molecule has 0 unspecified atom stereocenters. The lowest BCUT2D eigenvalue weighted by Crippen LogP contribution is -2.18. The van der Waals surface area contributed by atoms with Crippen molar-refractivity contribution < 1.29 is 31.5 Å². The monoisotopic (exact) mass is 452 g/mol. The number of nitrogens with one attached hydrogen (secondary N) is 2. The minimum Gasteiger partial charge on any atom is -0.481 e. The topological polar surface area (TPSA) is 76.1 Å². The molecule has 1 aromatic carbocycles. The van der Waals surface area contributed by atoms with E-state index in [-0.39, 0.29) is 22.6 Å². The fourth-order valence-corrected chi connectivity index (χ4v) is 2.80. The van der Waals surface area contributed by atoms with E-state index in [9.17, 15) is 26.7 Å². The van der Waals surface area contributed by atoms with Crippen LogP contribution in [0.4, 0.5) is 39.0 Å². The van der Waals surface area contributed by atoms with Gasteiger partial charge in [0, 0.05) is 17.3 Å². The third kappa shape index (κ3) is 4.76. The highest BCUT2D eigenvalue weighted by Gasteiger charge is 2.34. The van der Waals surface area contributed by atoms with E-state index in [0.717, 1.165) is 12.3 Å². The van der Waals surface area contributed by atoms with E-state index in [0.29, 0.717) is 17.6 Å². The van der Waals surface area contributed by atoms with E-state index in [2.05, 4.69) is 20.6 Å². The Morgan fingerprint density at radius 1 is 1.03 bits per heavy atom. The zero-order valence-corrected chi connectivity index (χ0v) is 17.1. The minimum absolute atomic E-state index is 0.0572. The van der Waals surface area contributed by atoms with Gasteiger partial charge in [-0.05, 0) is 38.1 Å². The van der Waals surface area contributed by atoms with Gasteiger partial charge in [-0.1, -0.05) is 0 Å². The second-order valence-electron chi connectivity index (χ2n) is 6.71. The third-order valence-electron chi connectivity index (χ3n) is 4.57. The van der Waals surface area contributed by atoms with Crippen LogP contribution in [-0.4, -0.2) is 23.0 Å². The van der Waals surface area contributed by atoms with Crippen LogP contribution in [0.25, 0.3) is 0 Å². The summed E-state index contributed by atoms with van der Waals surface area (Å²) in [5, 5.41) is 5.15. The number of alkyl halides is 3. The van der Waals surface area contributed by atoms with E-state index < -0.39 is 35.0 Å². The molecule has 1 amide bonds. The molecule has 0 radical (unpaired) electrons. The highest BCUT2D eigenvalue weighted by Crippen LogP contribution is 2.32. The van der Waals surface area contributed by atoms with Gasteiger partial charge in [-0.25, -0.2) is 18.7 Å². The molecule has 0 aliphatic rings. The van der Waals surface area contributed by atoms with Crippen molar-refractivity contribution in [3.63, 3.8) is 0 Å². The molecular formula is C21H17F5N4O2. The molecule has 0 saturated heterocycles. The first-order chi connectivity index (χ1) is 15.0. The normalized spacial score (nSPS) is 11.2. The van der Waals surface area contributed by atoms with Crippen LogP contribution in [0.15, 0.2) is 36.5 Å². The van der Waals surface area contributed by atoms with Crippen molar-refractivity contribution in [3.05, 3.63) is 70.7 Å². The molecule has 0 aliphatic carbocycles. The largest absolute Gasteiger partial charge is 0.481 e. The van der Waals surface area contributed by atoms with Gasteiger partial charge >= 0.3 is 6.18 Å². The third-order valence-corrected chi connectivity index (χ3v) is 4.57. The van der Waals surface area contributed by atoms with Gasteiger partial charge in [-0.2, -0.15) is 13.2 Å². The number of ether oxygens (including phenoxy) is 1. The summed E-state index contributed by atoms with van der Waals surface area (Å²) in [6.45, 7) is 2.86. The second kappa shape index (κ2) is 8.77. The Morgan fingerprint density at radius 2 is 1.72 bits per heavy atom. The Bertz CT molecular complexity index is 1180. The molecule has 2 aromatic heterocycles. The number of rotatable bonds is 5. The number of pyridine rings is 2. The average molecular weight is 452 g/mol. The molecule has 3 rings (SSSR count). The summed E-state index contributed by atoms with van der Waals surface area (Å²) in [7, 11) is 1.41. The van der Waals surface area contributed by atoms with Gasteiger partial charge in [0.15, 0.2) is 11.6 Å². The van der Waals surface area contributed by atoms with Crippen LogP contribution in [0.2, 0.25) is 0 Å². The highest BCUT2D eigenvalue weighted by molar-refractivity contribution is 6.08. The first-order valence-corrected chi connectivity index (χ1v) is 9.13. The maximum absolute atomic E-state index is 13.9. The number of methoxy groups -OCH3 is 1. The molecule has 2 heterocycles. The average Bonchev–Trinajstić information content (AvgIpc) is 2.74. The number of nitrogens with zero attached hydrogens (tertiary/aromatic N) is 2. The molecule has 0 fully saturated rings. The minimum atomic E-state index is -4.80. The molecule has 32 heavy (non-hydrogen) atoms. The van der Waals surface area contributed by atoms with Crippen molar-refractivity contribution >= 4 is 23.0 Å². The lowest BCUT2D eigenvalue weighted by atomic mass is 10.1. The number of halogens is 5. The smallest absolute Gasteiger partial charge is 0.433 e. The zero-order chi connectivity index (χ0) is 23.6. The van der Waals surface area contributed by atoms with Gasteiger partial charge < -0.3 is 15.4 Å². The predicted octanol–water partition coefficient (Wildman–Crippen LogP) is 5.39. The Kier molecular flexibility index (Phi) is 6.28. The number of hydrogen-bond donors (Lipinski definition) is 2. The fraction of sp³-hybridized carbons (Fsp3) is 0.190. The number of carbonyl (C=O) groups excluding carboxylic acids is 1. The Hall–Kier alpha value is -3.76. The van der Waals surface area contributed by atoms with Crippen LogP contribution in [0.3, 0.4) is 0 Å². The fourth-order valence-electron chi connectivity index (χ4n) is 2.80. The van der Waals surface area contributed by atoms with Crippen LogP contribution in [0.5, 0.6) is 5.88 Å². The number of aryl methyl sites for hydroxylation is 1. The predicted molar refractivity (Wildman–Crippen MR) is 107 cm³/mol. The number of carbonyl (C=O) groups is 1. The molecule has 0 atom stereocenters. The highest BCUT2D eigenvalue weighted by atomic mass is 19.4. The van der Waals surface area contributed by atoms with Gasteiger partial charge in [0.25, 0.3) is 5.91 Å². The summed E-state index contributed by atoms with van der Waals surface area (Å²) < 4.78 is 71.9. The maximum Gasteiger partial charge on any atom is 0.433 e. The van der Waals surface area contributed by atoms with Gasteiger partial charge in [0.05, 0.1) is 35.9 Å². The van der Waals surface area contributed by atoms with Crippen LogP contribution < -0.4 is 15.4 Å². The van der Waals surface area contributed by atoms with Crippen LogP contribution in [-0.2, 0) is 6.18 Å². The van der Waals surface area contributed by atoms with Crippen molar-refractivity contribution in [2.45, 2.75) is 20.0 Å². The van der Waals surface area contributed by atoms with E-state index in [4.69, 9.17) is 4.74 Å². The molecule has 0 bridgehead atoms. The summed E-state index contributed by atoms with van der Waals surface area (Å²) in [5.74, 6) is -2.81. The molecule has 168 valence electrons. The first-order valence-electron chi connectivity index (χ1n) is 9.13. The van der Waals surface area contributed by atoms with E-state index in [1.165, 1.54) is 32.2 Å². The molecular weight excluding hydrogens is 435 g/mol. The Labute approximate surface area is 179 Å². The molecule has 11 heteroatoms.